The van der Waals surface area contributed by atoms with Gasteiger partial charge in [0.25, 0.3) is 0 Å². The van der Waals surface area contributed by atoms with Gasteiger partial charge >= 0.3 is 0 Å². The summed E-state index contributed by atoms with van der Waals surface area (Å²) in [5.41, 5.74) is 4.54. The molecule has 0 saturated carbocycles. The maximum Gasteiger partial charge on any atom is 0.148 e. The van der Waals surface area contributed by atoms with Crippen LogP contribution in [-0.4, -0.2) is 30.3 Å². The highest BCUT2D eigenvalue weighted by atomic mass is 15.2. The highest BCUT2D eigenvalue weighted by molar-refractivity contribution is 5.64. The minimum absolute atomic E-state index is 0.809. The van der Waals surface area contributed by atoms with Crippen LogP contribution in [0.25, 0.3) is 11.3 Å². The summed E-state index contributed by atoms with van der Waals surface area (Å²) in [6.07, 6.45) is 0. The monoisotopic (exact) mass is 256 g/mol. The van der Waals surface area contributed by atoms with Crippen molar-refractivity contribution in [3.05, 3.63) is 41.5 Å². The number of hydrogen-bond donors (Lipinski definition) is 2. The topological polar surface area (TPSA) is 49.8 Å². The molecule has 0 bridgehead atoms. The Hall–Kier alpha value is -1.94. The number of nitrogens with zero attached hydrogens (tertiary/aromatic N) is 2. The molecule has 0 atom stereocenters. The first-order valence-corrected chi connectivity index (χ1v) is 6.50. The van der Waals surface area contributed by atoms with E-state index < -0.39 is 0 Å². The van der Waals surface area contributed by atoms with Crippen LogP contribution in [0.1, 0.15) is 11.1 Å². The molecule has 2 N–H and O–H groups in total. The molecule has 0 saturated heterocycles. The SMILES string of the molecule is CNCCNc1ccc(-c2ccc(C)cc2C)nn1. The first-order chi connectivity index (χ1) is 9.20. The van der Waals surface area contributed by atoms with Crippen molar-refractivity contribution in [2.75, 3.05) is 25.5 Å². The molecule has 19 heavy (non-hydrogen) atoms. The molecular weight excluding hydrogens is 236 g/mol. The van der Waals surface area contributed by atoms with Gasteiger partial charge in [-0.1, -0.05) is 23.8 Å². The lowest BCUT2D eigenvalue weighted by Crippen LogP contribution is -2.18. The predicted octanol–water partition coefficient (Wildman–Crippen LogP) is 2.39. The van der Waals surface area contributed by atoms with Crippen molar-refractivity contribution < 1.29 is 0 Å². The summed E-state index contributed by atoms with van der Waals surface area (Å²) in [4.78, 5) is 0. The molecule has 0 radical (unpaired) electrons. The van der Waals surface area contributed by atoms with Gasteiger partial charge in [-0.25, -0.2) is 0 Å². The lowest BCUT2D eigenvalue weighted by molar-refractivity contribution is 0.818. The molecule has 4 nitrogen and oxygen atoms in total. The minimum atomic E-state index is 0.809. The van der Waals surface area contributed by atoms with Crippen molar-refractivity contribution >= 4 is 5.82 Å². The van der Waals surface area contributed by atoms with Gasteiger partial charge in [-0.05, 0) is 38.6 Å². The van der Waals surface area contributed by atoms with E-state index in [9.17, 15) is 0 Å². The highest BCUT2D eigenvalue weighted by Crippen LogP contribution is 2.22. The van der Waals surface area contributed by atoms with Crippen LogP contribution >= 0.6 is 0 Å². The number of rotatable bonds is 5. The molecule has 0 fully saturated rings. The van der Waals surface area contributed by atoms with Gasteiger partial charge in [-0.3, -0.25) is 0 Å². The molecule has 2 aromatic rings. The van der Waals surface area contributed by atoms with Gasteiger partial charge in [0.05, 0.1) is 5.69 Å². The number of aryl methyl sites for hydroxylation is 2. The average molecular weight is 256 g/mol. The second-order valence-corrected chi connectivity index (χ2v) is 4.65. The summed E-state index contributed by atoms with van der Waals surface area (Å²) in [6, 6.07) is 10.3. The fraction of sp³-hybridized carbons (Fsp3) is 0.333. The summed E-state index contributed by atoms with van der Waals surface area (Å²) >= 11 is 0. The average Bonchev–Trinajstić information content (AvgIpc) is 2.40. The highest BCUT2D eigenvalue weighted by Gasteiger charge is 2.04. The lowest BCUT2D eigenvalue weighted by atomic mass is 10.0. The molecule has 1 aromatic heterocycles. The van der Waals surface area contributed by atoms with Gasteiger partial charge < -0.3 is 10.6 Å². The van der Waals surface area contributed by atoms with Crippen LogP contribution in [-0.2, 0) is 0 Å². The molecule has 1 heterocycles. The normalized spacial score (nSPS) is 10.5. The zero-order chi connectivity index (χ0) is 13.7. The Morgan fingerprint density at radius 2 is 1.84 bits per heavy atom. The molecule has 100 valence electrons. The van der Waals surface area contributed by atoms with Crippen LogP contribution in [0.4, 0.5) is 5.82 Å². The quantitative estimate of drug-likeness (QED) is 0.807. The van der Waals surface area contributed by atoms with Crippen molar-refractivity contribution in [3.8, 4) is 11.3 Å². The smallest absolute Gasteiger partial charge is 0.148 e. The number of nitrogens with one attached hydrogen (secondary N) is 2. The van der Waals surface area contributed by atoms with E-state index in [4.69, 9.17) is 0 Å². The number of hydrogen-bond acceptors (Lipinski definition) is 4. The fourth-order valence-electron chi connectivity index (χ4n) is 1.99. The van der Waals surface area contributed by atoms with Crippen LogP contribution in [0.2, 0.25) is 0 Å². The molecule has 0 aliphatic heterocycles. The molecule has 4 heteroatoms. The molecule has 0 aliphatic rings. The van der Waals surface area contributed by atoms with E-state index in [0.717, 1.165) is 30.2 Å². The van der Waals surface area contributed by atoms with Crippen molar-refractivity contribution in [1.82, 2.24) is 15.5 Å². The zero-order valence-electron chi connectivity index (χ0n) is 11.7. The third kappa shape index (κ3) is 3.51. The van der Waals surface area contributed by atoms with Crippen LogP contribution in [0.5, 0.6) is 0 Å². The standard InChI is InChI=1S/C15H20N4/c1-11-4-5-13(12(2)10-11)14-6-7-15(19-18-14)17-9-8-16-3/h4-7,10,16H,8-9H2,1-3H3,(H,17,19). The maximum absolute atomic E-state index is 4.29. The number of aromatic nitrogens is 2. The van der Waals surface area contributed by atoms with Gasteiger partial charge in [-0.15, -0.1) is 10.2 Å². The van der Waals surface area contributed by atoms with E-state index in [0.29, 0.717) is 0 Å². The van der Waals surface area contributed by atoms with E-state index in [1.54, 1.807) is 0 Å². The second-order valence-electron chi connectivity index (χ2n) is 4.65. The first-order valence-electron chi connectivity index (χ1n) is 6.50. The number of anilines is 1. The Labute approximate surface area is 114 Å². The molecule has 0 unspecified atom stereocenters. The predicted molar refractivity (Wildman–Crippen MR) is 79.4 cm³/mol. The van der Waals surface area contributed by atoms with Gasteiger partial charge in [-0.2, -0.15) is 0 Å². The Morgan fingerprint density at radius 3 is 2.47 bits per heavy atom. The van der Waals surface area contributed by atoms with E-state index in [1.807, 2.05) is 19.2 Å². The molecule has 0 spiro atoms. The fourth-order valence-corrected chi connectivity index (χ4v) is 1.99. The molecule has 0 aliphatic carbocycles. The number of likely N-dealkylation sites (N-methyl/N-ethyl adjacent to an activating group) is 1. The van der Waals surface area contributed by atoms with Gasteiger partial charge in [0, 0.05) is 18.7 Å². The summed E-state index contributed by atoms with van der Waals surface area (Å²) < 4.78 is 0. The molecule has 2 rings (SSSR count). The summed E-state index contributed by atoms with van der Waals surface area (Å²) in [5.74, 6) is 0.809. The number of benzene rings is 1. The van der Waals surface area contributed by atoms with Crippen LogP contribution < -0.4 is 10.6 Å². The first kappa shape index (κ1) is 13.5. The van der Waals surface area contributed by atoms with E-state index >= 15 is 0 Å². The van der Waals surface area contributed by atoms with Gasteiger partial charge in [0.2, 0.25) is 0 Å². The van der Waals surface area contributed by atoms with Crippen molar-refractivity contribution in [1.29, 1.82) is 0 Å². The minimum Gasteiger partial charge on any atom is -0.367 e. The van der Waals surface area contributed by atoms with Crippen LogP contribution in [0.15, 0.2) is 30.3 Å². The Kier molecular flexibility index (Phi) is 4.47. The second kappa shape index (κ2) is 6.29. The van der Waals surface area contributed by atoms with Crippen molar-refractivity contribution in [3.63, 3.8) is 0 Å². The largest absolute Gasteiger partial charge is 0.367 e. The third-order valence-electron chi connectivity index (χ3n) is 3.00. The zero-order valence-corrected chi connectivity index (χ0v) is 11.7. The van der Waals surface area contributed by atoms with E-state index in [2.05, 4.69) is 52.9 Å². The van der Waals surface area contributed by atoms with Gasteiger partial charge in [0.15, 0.2) is 0 Å². The molecule has 1 aromatic carbocycles. The van der Waals surface area contributed by atoms with Gasteiger partial charge in [0.1, 0.15) is 5.82 Å². The molecule has 0 amide bonds. The van der Waals surface area contributed by atoms with Crippen molar-refractivity contribution in [2.24, 2.45) is 0 Å². The summed E-state index contributed by atoms with van der Waals surface area (Å²) in [6.45, 7) is 5.94. The van der Waals surface area contributed by atoms with Crippen LogP contribution in [0.3, 0.4) is 0 Å². The Balaban J connectivity index is 2.13. The Morgan fingerprint density at radius 1 is 1.00 bits per heavy atom. The summed E-state index contributed by atoms with van der Waals surface area (Å²) in [5, 5.41) is 14.8. The molecular formula is C15H20N4. The Bertz CT molecular complexity index is 534. The van der Waals surface area contributed by atoms with E-state index in [1.165, 1.54) is 11.1 Å². The van der Waals surface area contributed by atoms with Crippen molar-refractivity contribution in [2.45, 2.75) is 13.8 Å². The summed E-state index contributed by atoms with van der Waals surface area (Å²) in [7, 11) is 1.93. The third-order valence-corrected chi connectivity index (χ3v) is 3.00. The van der Waals surface area contributed by atoms with E-state index in [-0.39, 0.29) is 0 Å². The maximum atomic E-state index is 4.29. The lowest BCUT2D eigenvalue weighted by Gasteiger charge is -2.07. The van der Waals surface area contributed by atoms with Crippen LogP contribution in [0, 0.1) is 13.8 Å².